The van der Waals surface area contributed by atoms with E-state index in [0.717, 1.165) is 30.2 Å². The lowest BCUT2D eigenvalue weighted by molar-refractivity contribution is -0.122. The SMILES string of the molecule is COc1cc(Br)c(NC(=O)C2CC3CCCC(C2)C3N)cc1OC. The molecule has 2 fully saturated rings. The number of halogens is 1. The Morgan fingerprint density at radius 1 is 1.17 bits per heavy atom. The van der Waals surface area contributed by atoms with Gasteiger partial charge in [-0.15, -0.1) is 0 Å². The minimum atomic E-state index is 0.0418. The summed E-state index contributed by atoms with van der Waals surface area (Å²) in [5.41, 5.74) is 7.03. The van der Waals surface area contributed by atoms with Crippen LogP contribution in [-0.4, -0.2) is 26.2 Å². The molecule has 2 aliphatic carbocycles. The molecule has 0 saturated heterocycles. The number of amides is 1. The number of hydrogen-bond donors (Lipinski definition) is 2. The van der Waals surface area contributed by atoms with Crippen molar-refractivity contribution >= 4 is 27.5 Å². The minimum absolute atomic E-state index is 0.0418. The van der Waals surface area contributed by atoms with Gasteiger partial charge >= 0.3 is 0 Å². The molecule has 0 heterocycles. The topological polar surface area (TPSA) is 73.6 Å². The number of carbonyl (C=O) groups is 1. The van der Waals surface area contributed by atoms with Gasteiger partial charge in [-0.25, -0.2) is 0 Å². The van der Waals surface area contributed by atoms with Crippen molar-refractivity contribution in [2.75, 3.05) is 19.5 Å². The summed E-state index contributed by atoms with van der Waals surface area (Å²) in [5, 5.41) is 3.05. The molecule has 1 aromatic rings. The Bertz CT molecular complexity index is 609. The number of carbonyl (C=O) groups excluding carboxylic acids is 1. The molecule has 0 spiro atoms. The molecule has 2 unspecified atom stereocenters. The van der Waals surface area contributed by atoms with E-state index >= 15 is 0 Å². The fourth-order valence-electron chi connectivity index (χ4n) is 4.19. The number of methoxy groups -OCH3 is 2. The summed E-state index contributed by atoms with van der Waals surface area (Å²) in [4.78, 5) is 12.8. The van der Waals surface area contributed by atoms with Crippen LogP contribution in [0.3, 0.4) is 0 Å². The predicted molar refractivity (Wildman–Crippen MR) is 97.4 cm³/mol. The number of hydrogen-bond acceptors (Lipinski definition) is 4. The molecule has 132 valence electrons. The highest BCUT2D eigenvalue weighted by Crippen LogP contribution is 2.43. The lowest BCUT2D eigenvalue weighted by Crippen LogP contribution is -2.48. The van der Waals surface area contributed by atoms with Gasteiger partial charge in [0.2, 0.25) is 5.91 Å². The summed E-state index contributed by atoms with van der Waals surface area (Å²) in [6, 6.07) is 3.87. The van der Waals surface area contributed by atoms with Crippen molar-refractivity contribution in [3.63, 3.8) is 0 Å². The molecule has 1 aromatic carbocycles. The van der Waals surface area contributed by atoms with Crippen LogP contribution in [0.1, 0.15) is 32.1 Å². The van der Waals surface area contributed by atoms with Crippen molar-refractivity contribution in [1.29, 1.82) is 0 Å². The number of rotatable bonds is 4. The van der Waals surface area contributed by atoms with Crippen LogP contribution in [0.2, 0.25) is 0 Å². The maximum absolute atomic E-state index is 12.8. The molecule has 5 nitrogen and oxygen atoms in total. The smallest absolute Gasteiger partial charge is 0.227 e. The molecule has 2 saturated carbocycles. The first-order valence-electron chi connectivity index (χ1n) is 8.51. The Kier molecular flexibility index (Phi) is 5.35. The van der Waals surface area contributed by atoms with E-state index < -0.39 is 0 Å². The summed E-state index contributed by atoms with van der Waals surface area (Å²) in [5.74, 6) is 2.31. The number of ether oxygens (including phenoxy) is 2. The average Bonchev–Trinajstić information content (AvgIpc) is 2.55. The summed E-state index contributed by atoms with van der Waals surface area (Å²) in [7, 11) is 3.17. The van der Waals surface area contributed by atoms with Gasteiger partial charge in [0.05, 0.1) is 19.9 Å². The molecule has 3 N–H and O–H groups in total. The second kappa shape index (κ2) is 7.31. The van der Waals surface area contributed by atoms with E-state index in [-0.39, 0.29) is 17.9 Å². The summed E-state index contributed by atoms with van der Waals surface area (Å²) < 4.78 is 11.4. The molecular formula is C18H25BrN2O3. The quantitative estimate of drug-likeness (QED) is 0.815. The second-order valence-corrected chi connectivity index (χ2v) is 7.73. The maximum atomic E-state index is 12.8. The van der Waals surface area contributed by atoms with Crippen LogP contribution in [0.5, 0.6) is 11.5 Å². The van der Waals surface area contributed by atoms with Gasteiger partial charge in [0, 0.05) is 28.6 Å². The molecule has 1 amide bonds. The summed E-state index contributed by atoms with van der Waals surface area (Å²) in [6.45, 7) is 0. The first-order chi connectivity index (χ1) is 11.5. The van der Waals surface area contributed by atoms with Crippen molar-refractivity contribution < 1.29 is 14.3 Å². The standard InChI is InChI=1S/C18H25BrN2O3/c1-23-15-8-13(19)14(9-16(15)24-2)21-18(22)12-6-10-4-3-5-11(7-12)17(10)20/h8-12,17H,3-7,20H2,1-2H3,(H,21,22). The largest absolute Gasteiger partial charge is 0.493 e. The zero-order valence-electron chi connectivity index (χ0n) is 14.2. The Morgan fingerprint density at radius 3 is 2.33 bits per heavy atom. The lowest BCUT2D eigenvalue weighted by Gasteiger charge is -2.43. The Balaban J connectivity index is 1.73. The first-order valence-corrected chi connectivity index (χ1v) is 9.30. The van der Waals surface area contributed by atoms with Gasteiger partial charge in [0.1, 0.15) is 0 Å². The van der Waals surface area contributed by atoms with E-state index in [9.17, 15) is 4.79 Å². The maximum Gasteiger partial charge on any atom is 0.227 e. The van der Waals surface area contributed by atoms with Crippen LogP contribution in [-0.2, 0) is 4.79 Å². The van der Waals surface area contributed by atoms with E-state index in [1.165, 1.54) is 6.42 Å². The molecule has 2 bridgehead atoms. The molecule has 2 atom stereocenters. The highest BCUT2D eigenvalue weighted by molar-refractivity contribution is 9.10. The summed E-state index contributed by atoms with van der Waals surface area (Å²) in [6.07, 6.45) is 5.35. The normalized spacial score (nSPS) is 29.0. The third kappa shape index (κ3) is 3.40. The van der Waals surface area contributed by atoms with Crippen LogP contribution >= 0.6 is 15.9 Å². The van der Waals surface area contributed by atoms with E-state index in [1.54, 1.807) is 26.4 Å². The zero-order valence-corrected chi connectivity index (χ0v) is 15.8. The molecule has 0 radical (unpaired) electrons. The van der Waals surface area contributed by atoms with Crippen molar-refractivity contribution in [1.82, 2.24) is 0 Å². The van der Waals surface area contributed by atoms with Gasteiger partial charge in [-0.1, -0.05) is 6.42 Å². The zero-order chi connectivity index (χ0) is 17.3. The summed E-state index contributed by atoms with van der Waals surface area (Å²) >= 11 is 3.49. The Labute approximate surface area is 151 Å². The Hall–Kier alpha value is -1.27. The fraction of sp³-hybridized carbons (Fsp3) is 0.611. The van der Waals surface area contributed by atoms with Gasteiger partial charge in [0.25, 0.3) is 0 Å². The van der Waals surface area contributed by atoms with Gasteiger partial charge < -0.3 is 20.5 Å². The van der Waals surface area contributed by atoms with Crippen LogP contribution in [0.15, 0.2) is 16.6 Å². The van der Waals surface area contributed by atoms with Gasteiger partial charge in [-0.05, 0) is 53.4 Å². The minimum Gasteiger partial charge on any atom is -0.493 e. The second-order valence-electron chi connectivity index (χ2n) is 6.87. The Morgan fingerprint density at radius 2 is 1.75 bits per heavy atom. The highest BCUT2D eigenvalue weighted by atomic mass is 79.9. The van der Waals surface area contributed by atoms with E-state index in [2.05, 4.69) is 21.2 Å². The lowest BCUT2D eigenvalue weighted by atomic mass is 9.65. The number of fused-ring (bicyclic) bond motifs is 2. The number of nitrogens with two attached hydrogens (primary N) is 1. The number of benzene rings is 1. The van der Waals surface area contributed by atoms with Crippen LogP contribution in [0.4, 0.5) is 5.69 Å². The van der Waals surface area contributed by atoms with Crippen LogP contribution in [0, 0.1) is 17.8 Å². The van der Waals surface area contributed by atoms with Gasteiger partial charge in [-0.3, -0.25) is 4.79 Å². The molecular weight excluding hydrogens is 372 g/mol. The molecule has 2 aliphatic rings. The molecule has 24 heavy (non-hydrogen) atoms. The first kappa shape index (κ1) is 17.5. The van der Waals surface area contributed by atoms with Crippen LogP contribution < -0.4 is 20.5 Å². The van der Waals surface area contributed by atoms with E-state index in [0.29, 0.717) is 29.0 Å². The predicted octanol–water partition coefficient (Wildman–Crippen LogP) is 3.56. The molecule has 0 aliphatic heterocycles. The van der Waals surface area contributed by atoms with Crippen molar-refractivity contribution in [3.8, 4) is 11.5 Å². The number of nitrogens with one attached hydrogen (secondary N) is 1. The highest BCUT2D eigenvalue weighted by Gasteiger charge is 2.40. The monoisotopic (exact) mass is 396 g/mol. The van der Waals surface area contributed by atoms with E-state index in [4.69, 9.17) is 15.2 Å². The van der Waals surface area contributed by atoms with Crippen molar-refractivity contribution in [3.05, 3.63) is 16.6 Å². The average molecular weight is 397 g/mol. The molecule has 0 aromatic heterocycles. The van der Waals surface area contributed by atoms with Gasteiger partial charge in [0.15, 0.2) is 11.5 Å². The van der Waals surface area contributed by atoms with Crippen molar-refractivity contribution in [2.45, 2.75) is 38.1 Å². The fourth-order valence-corrected chi connectivity index (χ4v) is 4.61. The van der Waals surface area contributed by atoms with Crippen molar-refractivity contribution in [2.24, 2.45) is 23.5 Å². The third-order valence-electron chi connectivity index (χ3n) is 5.51. The third-order valence-corrected chi connectivity index (χ3v) is 6.17. The molecule has 6 heteroatoms. The number of anilines is 1. The van der Waals surface area contributed by atoms with E-state index in [1.807, 2.05) is 0 Å². The van der Waals surface area contributed by atoms with Gasteiger partial charge in [-0.2, -0.15) is 0 Å². The van der Waals surface area contributed by atoms with Crippen LogP contribution in [0.25, 0.3) is 0 Å². The molecule has 3 rings (SSSR count).